The average Bonchev–Trinajstić information content (AvgIpc) is 3.19. The molecular formula is C10H11N7OS. The lowest BCUT2D eigenvalue weighted by Gasteiger charge is -2.06. The Kier molecular flexibility index (Phi) is 3.03. The first-order chi connectivity index (χ1) is 9.29. The minimum Gasteiger partial charge on any atom is -0.409 e. The molecule has 98 valence electrons. The highest BCUT2D eigenvalue weighted by Crippen LogP contribution is 2.38. The van der Waals surface area contributed by atoms with Crippen molar-refractivity contribution in [3.05, 3.63) is 24.0 Å². The average molecular weight is 277 g/mol. The number of oxime groups is 1. The Morgan fingerprint density at radius 3 is 3.11 bits per heavy atom. The third kappa shape index (κ3) is 2.36. The van der Waals surface area contributed by atoms with Gasteiger partial charge in [0, 0.05) is 22.9 Å². The van der Waals surface area contributed by atoms with Gasteiger partial charge in [-0.3, -0.25) is 4.98 Å². The van der Waals surface area contributed by atoms with Gasteiger partial charge in [-0.05, 0) is 41.1 Å². The van der Waals surface area contributed by atoms with Crippen LogP contribution in [0.5, 0.6) is 0 Å². The summed E-state index contributed by atoms with van der Waals surface area (Å²) in [7, 11) is 0. The second kappa shape index (κ2) is 4.84. The summed E-state index contributed by atoms with van der Waals surface area (Å²) in [6.45, 7) is 0. The van der Waals surface area contributed by atoms with Crippen molar-refractivity contribution in [2.24, 2.45) is 10.9 Å². The Morgan fingerprint density at radius 2 is 2.37 bits per heavy atom. The van der Waals surface area contributed by atoms with Crippen LogP contribution in [0.4, 0.5) is 0 Å². The molecule has 0 bridgehead atoms. The topological polar surface area (TPSA) is 115 Å². The van der Waals surface area contributed by atoms with Crippen LogP contribution in [0.25, 0.3) is 0 Å². The van der Waals surface area contributed by atoms with Crippen molar-refractivity contribution in [1.29, 1.82) is 0 Å². The molecule has 1 fully saturated rings. The second-order valence-electron chi connectivity index (χ2n) is 4.10. The number of nitrogens with two attached hydrogens (primary N) is 1. The molecule has 1 aliphatic rings. The minimum absolute atomic E-state index is 0.0374. The second-order valence-corrected chi connectivity index (χ2v) is 5.11. The number of hydrogen-bond acceptors (Lipinski definition) is 7. The van der Waals surface area contributed by atoms with Crippen LogP contribution in [0.2, 0.25) is 0 Å². The van der Waals surface area contributed by atoms with Crippen LogP contribution >= 0.6 is 11.8 Å². The van der Waals surface area contributed by atoms with Crippen molar-refractivity contribution in [3.63, 3.8) is 0 Å². The Balaban J connectivity index is 1.92. The molecule has 0 aliphatic heterocycles. The summed E-state index contributed by atoms with van der Waals surface area (Å²) in [5, 5.41) is 24.1. The third-order valence-corrected chi connectivity index (χ3v) is 3.72. The van der Waals surface area contributed by atoms with Crippen molar-refractivity contribution < 1.29 is 5.21 Å². The molecule has 0 saturated heterocycles. The van der Waals surface area contributed by atoms with Crippen molar-refractivity contribution in [3.8, 4) is 0 Å². The number of nitrogens with zero attached hydrogens (tertiary/aromatic N) is 6. The van der Waals surface area contributed by atoms with Gasteiger partial charge in [-0.25, -0.2) is 4.68 Å². The van der Waals surface area contributed by atoms with Gasteiger partial charge in [0.05, 0.1) is 6.04 Å². The maximum absolute atomic E-state index is 8.78. The van der Waals surface area contributed by atoms with Gasteiger partial charge in [0.25, 0.3) is 0 Å². The van der Waals surface area contributed by atoms with Crippen LogP contribution < -0.4 is 5.73 Å². The minimum atomic E-state index is 0.0374. The van der Waals surface area contributed by atoms with Crippen LogP contribution in [-0.2, 0) is 0 Å². The van der Waals surface area contributed by atoms with Crippen LogP contribution in [0, 0.1) is 0 Å². The van der Waals surface area contributed by atoms with E-state index >= 15 is 0 Å². The van der Waals surface area contributed by atoms with Crippen LogP contribution in [0.1, 0.15) is 24.4 Å². The van der Waals surface area contributed by atoms with E-state index in [-0.39, 0.29) is 5.84 Å². The highest BCUT2D eigenvalue weighted by Gasteiger charge is 2.28. The number of pyridine rings is 1. The third-order valence-electron chi connectivity index (χ3n) is 2.72. The molecule has 0 radical (unpaired) electrons. The van der Waals surface area contributed by atoms with Crippen molar-refractivity contribution in [2.75, 3.05) is 0 Å². The van der Waals surface area contributed by atoms with Crippen molar-refractivity contribution in [1.82, 2.24) is 25.2 Å². The fourth-order valence-electron chi connectivity index (χ4n) is 1.63. The standard InChI is InChI=1S/C10H11N7OS/c11-9(14-18)7-3-4-12-5-8(7)19-10-13-15-16-17(10)6-1-2-6/h3-6,18H,1-2H2,(H2,11,14). The van der Waals surface area contributed by atoms with Crippen LogP contribution in [0.3, 0.4) is 0 Å². The zero-order valence-electron chi connectivity index (χ0n) is 9.84. The van der Waals surface area contributed by atoms with Gasteiger partial charge >= 0.3 is 0 Å². The predicted molar refractivity (Wildman–Crippen MR) is 67.0 cm³/mol. The summed E-state index contributed by atoms with van der Waals surface area (Å²) in [5.74, 6) is 0.0374. The van der Waals surface area contributed by atoms with E-state index in [0.29, 0.717) is 16.8 Å². The summed E-state index contributed by atoms with van der Waals surface area (Å²) in [4.78, 5) is 4.79. The lowest BCUT2D eigenvalue weighted by atomic mass is 10.2. The summed E-state index contributed by atoms with van der Waals surface area (Å²) < 4.78 is 1.80. The molecular weight excluding hydrogens is 266 g/mol. The maximum Gasteiger partial charge on any atom is 0.214 e. The zero-order chi connectivity index (χ0) is 13.2. The fourth-order valence-corrected chi connectivity index (χ4v) is 2.58. The monoisotopic (exact) mass is 277 g/mol. The molecule has 9 heteroatoms. The summed E-state index contributed by atoms with van der Waals surface area (Å²) in [6, 6.07) is 2.07. The van der Waals surface area contributed by atoms with Gasteiger partial charge in [0.2, 0.25) is 5.16 Å². The molecule has 0 atom stereocenters. The fraction of sp³-hybridized carbons (Fsp3) is 0.300. The first-order valence-electron chi connectivity index (χ1n) is 5.67. The number of tetrazole rings is 1. The smallest absolute Gasteiger partial charge is 0.214 e. The molecule has 0 spiro atoms. The van der Waals surface area contributed by atoms with Gasteiger partial charge in [-0.2, -0.15) is 0 Å². The Hall–Kier alpha value is -2.16. The van der Waals surface area contributed by atoms with E-state index in [2.05, 4.69) is 25.7 Å². The number of hydrogen-bond donors (Lipinski definition) is 2. The lowest BCUT2D eigenvalue weighted by Crippen LogP contribution is -2.14. The molecule has 2 aromatic heterocycles. The molecule has 1 saturated carbocycles. The summed E-state index contributed by atoms with van der Waals surface area (Å²) in [5.41, 5.74) is 6.24. The largest absolute Gasteiger partial charge is 0.409 e. The number of rotatable bonds is 4. The van der Waals surface area contributed by atoms with E-state index in [1.807, 2.05) is 0 Å². The van der Waals surface area contributed by atoms with Gasteiger partial charge in [-0.1, -0.05) is 5.16 Å². The SMILES string of the molecule is N/C(=N/O)c1ccncc1Sc1nnnn1C1CC1. The summed E-state index contributed by atoms with van der Waals surface area (Å²) >= 11 is 1.35. The van der Waals surface area contributed by atoms with E-state index in [1.54, 1.807) is 23.1 Å². The molecule has 3 rings (SSSR count). The first-order valence-corrected chi connectivity index (χ1v) is 6.49. The molecule has 8 nitrogen and oxygen atoms in total. The van der Waals surface area contributed by atoms with E-state index in [1.165, 1.54) is 11.8 Å². The Morgan fingerprint density at radius 1 is 1.53 bits per heavy atom. The van der Waals surface area contributed by atoms with Gasteiger partial charge in [0.15, 0.2) is 5.84 Å². The summed E-state index contributed by atoms with van der Waals surface area (Å²) in [6.07, 6.45) is 5.42. The molecule has 0 aromatic carbocycles. The maximum atomic E-state index is 8.78. The quantitative estimate of drug-likeness (QED) is 0.365. The molecule has 0 amide bonds. The lowest BCUT2D eigenvalue weighted by molar-refractivity contribution is 0.318. The molecule has 1 aliphatic carbocycles. The van der Waals surface area contributed by atoms with Crippen LogP contribution in [0.15, 0.2) is 33.7 Å². The van der Waals surface area contributed by atoms with Gasteiger partial charge < -0.3 is 10.9 Å². The molecule has 2 heterocycles. The predicted octanol–water partition coefficient (Wildman–Crippen LogP) is 0.649. The van der Waals surface area contributed by atoms with E-state index < -0.39 is 0 Å². The van der Waals surface area contributed by atoms with E-state index in [9.17, 15) is 0 Å². The molecule has 2 aromatic rings. The zero-order valence-corrected chi connectivity index (χ0v) is 10.7. The Bertz CT molecular complexity index is 622. The van der Waals surface area contributed by atoms with Crippen LogP contribution in [-0.4, -0.2) is 36.2 Å². The Labute approximate surface area is 112 Å². The number of amidine groups is 1. The van der Waals surface area contributed by atoms with Gasteiger partial charge in [0.1, 0.15) is 0 Å². The highest BCUT2D eigenvalue weighted by atomic mass is 32.2. The normalized spacial score (nSPS) is 15.7. The number of aromatic nitrogens is 5. The first kappa shape index (κ1) is 11.9. The molecule has 0 unspecified atom stereocenters. The van der Waals surface area contributed by atoms with E-state index in [4.69, 9.17) is 10.9 Å². The highest BCUT2D eigenvalue weighted by molar-refractivity contribution is 7.99. The van der Waals surface area contributed by atoms with E-state index in [0.717, 1.165) is 17.7 Å². The molecule has 3 N–H and O–H groups in total. The van der Waals surface area contributed by atoms with Crippen molar-refractivity contribution in [2.45, 2.75) is 28.9 Å². The molecule has 19 heavy (non-hydrogen) atoms. The van der Waals surface area contributed by atoms with Gasteiger partial charge in [-0.15, -0.1) is 5.10 Å². The van der Waals surface area contributed by atoms with Crippen molar-refractivity contribution >= 4 is 17.6 Å².